The van der Waals surface area contributed by atoms with Gasteiger partial charge in [-0.05, 0) is 32.2 Å². The molecule has 1 unspecified atom stereocenters. The first-order valence-electron chi connectivity index (χ1n) is 7.73. The van der Waals surface area contributed by atoms with Gasteiger partial charge in [0, 0.05) is 18.6 Å². The first-order chi connectivity index (χ1) is 9.69. The number of carbonyl (C=O) groups is 2. The molecule has 1 atom stereocenters. The van der Waals surface area contributed by atoms with Gasteiger partial charge in [0.05, 0.1) is 6.54 Å². The molecule has 1 aliphatic heterocycles. The van der Waals surface area contributed by atoms with Crippen LogP contribution in [-0.2, 0) is 4.79 Å². The van der Waals surface area contributed by atoms with E-state index in [9.17, 15) is 9.59 Å². The highest BCUT2D eigenvalue weighted by molar-refractivity contribution is 5.95. The molecule has 0 bridgehead atoms. The van der Waals surface area contributed by atoms with Gasteiger partial charge in [-0.15, -0.1) is 0 Å². The van der Waals surface area contributed by atoms with E-state index in [1.165, 1.54) is 6.42 Å². The van der Waals surface area contributed by atoms with Crippen molar-refractivity contribution in [3.05, 3.63) is 0 Å². The zero-order chi connectivity index (χ0) is 14.4. The Labute approximate surface area is 120 Å². The molecule has 4 N–H and O–H groups in total. The molecule has 6 nitrogen and oxygen atoms in total. The van der Waals surface area contributed by atoms with Crippen molar-refractivity contribution in [3.8, 4) is 0 Å². The van der Waals surface area contributed by atoms with Gasteiger partial charge in [-0.1, -0.05) is 19.3 Å². The third-order valence-corrected chi connectivity index (χ3v) is 4.31. The quantitative estimate of drug-likeness (QED) is 0.703. The largest absolute Gasteiger partial charge is 0.335 e. The summed E-state index contributed by atoms with van der Waals surface area (Å²) in [4.78, 5) is 25.7. The van der Waals surface area contributed by atoms with Crippen molar-refractivity contribution in [2.45, 2.75) is 57.0 Å². The number of carbonyl (C=O) groups excluding carboxylic acids is 2. The molecule has 0 aromatic rings. The molecule has 0 radical (unpaired) electrons. The number of nitrogens with zero attached hydrogens (tertiary/aromatic N) is 1. The Balaban J connectivity index is 1.72. The molecule has 0 aromatic carbocycles. The molecule has 1 saturated heterocycles. The van der Waals surface area contributed by atoms with E-state index in [-0.39, 0.29) is 30.6 Å². The fourth-order valence-corrected chi connectivity index (χ4v) is 3.18. The van der Waals surface area contributed by atoms with Gasteiger partial charge < -0.3 is 11.1 Å². The topological polar surface area (TPSA) is 87.5 Å². The molecule has 1 heterocycles. The van der Waals surface area contributed by atoms with E-state index in [2.05, 4.69) is 15.5 Å². The maximum absolute atomic E-state index is 11.9. The second kappa shape index (κ2) is 7.59. The zero-order valence-corrected chi connectivity index (χ0v) is 12.1. The molecule has 114 valence electrons. The molecule has 1 saturated carbocycles. The summed E-state index contributed by atoms with van der Waals surface area (Å²) in [5.41, 5.74) is 5.73. The smallest absolute Gasteiger partial charge is 0.321 e. The molecule has 2 rings (SSSR count). The Bertz CT molecular complexity index is 342. The first kappa shape index (κ1) is 15.3. The monoisotopic (exact) mass is 282 g/mol. The number of hydrogen-bond acceptors (Lipinski definition) is 4. The average molecular weight is 282 g/mol. The van der Waals surface area contributed by atoms with Gasteiger partial charge in [-0.2, -0.15) is 0 Å². The van der Waals surface area contributed by atoms with Crippen LogP contribution in [0.4, 0.5) is 4.79 Å². The molecule has 6 heteroatoms. The third-order valence-electron chi connectivity index (χ3n) is 4.31. The van der Waals surface area contributed by atoms with Crippen LogP contribution in [0.5, 0.6) is 0 Å². The Hall–Kier alpha value is -1.14. The van der Waals surface area contributed by atoms with Crippen molar-refractivity contribution in [2.24, 2.45) is 5.73 Å². The fraction of sp³-hybridized carbons (Fsp3) is 0.857. The van der Waals surface area contributed by atoms with Crippen LogP contribution in [0.3, 0.4) is 0 Å². The van der Waals surface area contributed by atoms with Gasteiger partial charge in [0.2, 0.25) is 5.91 Å². The molecule has 2 fully saturated rings. The van der Waals surface area contributed by atoms with Crippen LogP contribution < -0.4 is 16.4 Å². The molecule has 2 aliphatic rings. The molecule has 20 heavy (non-hydrogen) atoms. The number of urea groups is 1. The minimum absolute atomic E-state index is 0.231. The van der Waals surface area contributed by atoms with Crippen LogP contribution in [0, 0.1) is 0 Å². The lowest BCUT2D eigenvalue weighted by atomic mass is 10.0. The Morgan fingerprint density at radius 2 is 1.80 bits per heavy atom. The summed E-state index contributed by atoms with van der Waals surface area (Å²) in [7, 11) is 0. The molecule has 0 spiro atoms. The van der Waals surface area contributed by atoms with Crippen LogP contribution in [0.2, 0.25) is 0 Å². The van der Waals surface area contributed by atoms with Gasteiger partial charge in [0.1, 0.15) is 0 Å². The lowest BCUT2D eigenvalue weighted by Crippen LogP contribution is -2.51. The predicted molar refractivity (Wildman–Crippen MR) is 77.2 cm³/mol. The zero-order valence-electron chi connectivity index (χ0n) is 12.1. The summed E-state index contributed by atoms with van der Waals surface area (Å²) in [6.07, 6.45) is 7.65. The maximum atomic E-state index is 11.9. The van der Waals surface area contributed by atoms with Crippen molar-refractivity contribution in [2.75, 3.05) is 19.6 Å². The number of rotatable bonds is 4. The van der Waals surface area contributed by atoms with E-state index < -0.39 is 0 Å². The van der Waals surface area contributed by atoms with Crippen molar-refractivity contribution in [3.63, 3.8) is 0 Å². The highest BCUT2D eigenvalue weighted by Crippen LogP contribution is 2.17. The second-order valence-electron chi connectivity index (χ2n) is 5.86. The summed E-state index contributed by atoms with van der Waals surface area (Å²) in [5, 5.41) is 5.29. The van der Waals surface area contributed by atoms with Crippen LogP contribution >= 0.6 is 0 Å². The number of hydrogen-bond donors (Lipinski definition) is 3. The van der Waals surface area contributed by atoms with E-state index >= 15 is 0 Å². The maximum Gasteiger partial charge on any atom is 0.321 e. The molecular weight excluding hydrogens is 256 g/mol. The Morgan fingerprint density at radius 3 is 2.50 bits per heavy atom. The first-order valence-corrected chi connectivity index (χ1v) is 7.73. The molecule has 1 aliphatic carbocycles. The van der Waals surface area contributed by atoms with Crippen LogP contribution in [0.15, 0.2) is 0 Å². The number of nitrogens with one attached hydrogen (secondary N) is 2. The standard InChI is InChI=1S/C14H26N4O2/c15-9-12-7-3-4-8-18(12)10-13(19)17-14(20)16-11-5-1-2-6-11/h11-12H,1-10,15H2,(H2,16,17,19,20). The minimum Gasteiger partial charge on any atom is -0.335 e. The van der Waals surface area contributed by atoms with Gasteiger partial charge in [0.25, 0.3) is 0 Å². The van der Waals surface area contributed by atoms with Gasteiger partial charge in [-0.3, -0.25) is 15.0 Å². The molecule has 0 aromatic heterocycles. The Kier molecular flexibility index (Phi) is 5.79. The number of nitrogens with two attached hydrogens (primary N) is 1. The van der Waals surface area contributed by atoms with E-state index in [1.807, 2.05) is 0 Å². The third kappa shape index (κ3) is 4.45. The number of likely N-dealkylation sites (tertiary alicyclic amines) is 1. The van der Waals surface area contributed by atoms with E-state index in [4.69, 9.17) is 5.73 Å². The van der Waals surface area contributed by atoms with Crippen molar-refractivity contribution < 1.29 is 9.59 Å². The fourth-order valence-electron chi connectivity index (χ4n) is 3.18. The van der Waals surface area contributed by atoms with Crippen molar-refractivity contribution in [1.29, 1.82) is 0 Å². The SMILES string of the molecule is NCC1CCCCN1CC(=O)NC(=O)NC1CCCC1. The lowest BCUT2D eigenvalue weighted by Gasteiger charge is -2.34. The predicted octanol–water partition coefficient (Wildman–Crippen LogP) is 0.568. The summed E-state index contributed by atoms with van der Waals surface area (Å²) in [5.74, 6) is -0.235. The summed E-state index contributed by atoms with van der Waals surface area (Å²) in [6.45, 7) is 1.72. The molecular formula is C14H26N4O2. The summed E-state index contributed by atoms with van der Waals surface area (Å²) in [6, 6.07) is 0.144. The number of amides is 3. The minimum atomic E-state index is -0.358. The van der Waals surface area contributed by atoms with Gasteiger partial charge in [-0.25, -0.2) is 4.79 Å². The highest BCUT2D eigenvalue weighted by atomic mass is 16.2. The Morgan fingerprint density at radius 1 is 1.10 bits per heavy atom. The highest BCUT2D eigenvalue weighted by Gasteiger charge is 2.24. The van der Waals surface area contributed by atoms with Crippen molar-refractivity contribution >= 4 is 11.9 Å². The van der Waals surface area contributed by atoms with Crippen LogP contribution in [0.25, 0.3) is 0 Å². The van der Waals surface area contributed by atoms with Crippen LogP contribution in [0.1, 0.15) is 44.9 Å². The lowest BCUT2D eigenvalue weighted by molar-refractivity contribution is -0.122. The van der Waals surface area contributed by atoms with E-state index in [0.717, 1.165) is 45.1 Å². The van der Waals surface area contributed by atoms with Gasteiger partial charge in [0.15, 0.2) is 0 Å². The number of piperidine rings is 1. The van der Waals surface area contributed by atoms with E-state index in [0.29, 0.717) is 6.54 Å². The van der Waals surface area contributed by atoms with E-state index in [1.54, 1.807) is 0 Å². The van der Waals surface area contributed by atoms with Crippen LogP contribution in [-0.4, -0.2) is 48.6 Å². The summed E-state index contributed by atoms with van der Waals surface area (Å²) < 4.78 is 0. The second-order valence-corrected chi connectivity index (χ2v) is 5.86. The van der Waals surface area contributed by atoms with Crippen molar-refractivity contribution in [1.82, 2.24) is 15.5 Å². The summed E-state index contributed by atoms with van der Waals surface area (Å²) >= 11 is 0. The van der Waals surface area contributed by atoms with Gasteiger partial charge >= 0.3 is 6.03 Å². The molecule has 3 amide bonds. The average Bonchev–Trinajstić information content (AvgIpc) is 2.91. The number of imide groups is 1. The normalized spacial score (nSPS) is 24.6.